The van der Waals surface area contributed by atoms with E-state index in [2.05, 4.69) is 5.32 Å². The fourth-order valence-electron chi connectivity index (χ4n) is 3.79. The first kappa shape index (κ1) is 17.5. The van der Waals surface area contributed by atoms with Gasteiger partial charge in [-0.15, -0.1) is 11.8 Å². The van der Waals surface area contributed by atoms with Crippen molar-refractivity contribution in [3.8, 4) is 0 Å². The molecular formula is C20H20F2N2OS. The van der Waals surface area contributed by atoms with Crippen molar-refractivity contribution in [2.75, 3.05) is 26.2 Å². The molecule has 3 nitrogen and oxygen atoms in total. The summed E-state index contributed by atoms with van der Waals surface area (Å²) in [5.74, 6) is -0.245. The molecule has 2 aliphatic heterocycles. The van der Waals surface area contributed by atoms with Crippen molar-refractivity contribution in [2.45, 2.75) is 10.1 Å². The van der Waals surface area contributed by atoms with Gasteiger partial charge in [0.1, 0.15) is 16.9 Å². The third-order valence-electron chi connectivity index (χ3n) is 5.17. The maximum absolute atomic E-state index is 14.2. The smallest absolute Gasteiger partial charge is 0.240 e. The molecule has 136 valence electrons. The summed E-state index contributed by atoms with van der Waals surface area (Å²) in [6.07, 6.45) is 0. The van der Waals surface area contributed by atoms with Gasteiger partial charge < -0.3 is 10.2 Å². The van der Waals surface area contributed by atoms with Crippen LogP contribution in [0.1, 0.15) is 10.8 Å². The van der Waals surface area contributed by atoms with Gasteiger partial charge in [-0.2, -0.15) is 0 Å². The van der Waals surface area contributed by atoms with Gasteiger partial charge in [0.2, 0.25) is 5.91 Å². The lowest BCUT2D eigenvalue weighted by atomic mass is 10.0. The molecule has 0 bridgehead atoms. The number of carbonyl (C=O) groups is 1. The second kappa shape index (κ2) is 7.37. The van der Waals surface area contributed by atoms with E-state index in [9.17, 15) is 13.6 Å². The lowest BCUT2D eigenvalue weighted by molar-refractivity contribution is -0.130. The number of halogens is 2. The SMILES string of the molecule is O=C(C(Sc1ccc(F)cc1F)c1ccccc1)N1C[C@H]2CNC[C@H]2C1. The predicted octanol–water partition coefficient (Wildman–Crippen LogP) is 3.48. The Bertz CT molecular complexity index is 790. The first-order valence-electron chi connectivity index (χ1n) is 8.78. The average molecular weight is 374 g/mol. The van der Waals surface area contributed by atoms with E-state index in [4.69, 9.17) is 0 Å². The van der Waals surface area contributed by atoms with Gasteiger partial charge in [0.15, 0.2) is 0 Å². The van der Waals surface area contributed by atoms with Crippen LogP contribution in [-0.2, 0) is 4.79 Å². The molecule has 0 aromatic heterocycles. The molecule has 2 aromatic carbocycles. The zero-order valence-corrected chi connectivity index (χ0v) is 15.0. The Kier molecular flexibility index (Phi) is 4.96. The number of amides is 1. The molecule has 2 fully saturated rings. The van der Waals surface area contributed by atoms with Gasteiger partial charge in [-0.05, 0) is 29.5 Å². The molecule has 2 aliphatic rings. The van der Waals surface area contributed by atoms with Gasteiger partial charge in [-0.3, -0.25) is 4.79 Å². The van der Waals surface area contributed by atoms with Gasteiger partial charge in [0.25, 0.3) is 0 Å². The van der Waals surface area contributed by atoms with E-state index in [1.54, 1.807) is 0 Å². The zero-order chi connectivity index (χ0) is 18.1. The van der Waals surface area contributed by atoms with E-state index in [0.29, 0.717) is 11.8 Å². The second-order valence-electron chi connectivity index (χ2n) is 6.90. The maximum Gasteiger partial charge on any atom is 0.240 e. The van der Waals surface area contributed by atoms with Crippen LogP contribution in [0.25, 0.3) is 0 Å². The molecular weight excluding hydrogens is 354 g/mol. The third-order valence-corrected chi connectivity index (χ3v) is 6.46. The van der Waals surface area contributed by atoms with E-state index >= 15 is 0 Å². The largest absolute Gasteiger partial charge is 0.341 e. The Hall–Kier alpha value is -1.92. The molecule has 6 heteroatoms. The molecule has 0 spiro atoms. The highest BCUT2D eigenvalue weighted by atomic mass is 32.2. The van der Waals surface area contributed by atoms with E-state index in [0.717, 1.165) is 49.6 Å². The van der Waals surface area contributed by atoms with Gasteiger partial charge in [-0.25, -0.2) is 8.78 Å². The normalized spacial score (nSPS) is 23.1. The number of carbonyl (C=O) groups excluding carboxylic acids is 1. The summed E-state index contributed by atoms with van der Waals surface area (Å²) in [5, 5.41) is 2.83. The van der Waals surface area contributed by atoms with Crippen LogP contribution in [0.3, 0.4) is 0 Å². The zero-order valence-electron chi connectivity index (χ0n) is 14.2. The first-order chi connectivity index (χ1) is 12.6. The molecule has 0 radical (unpaired) electrons. The van der Waals surface area contributed by atoms with Crippen LogP contribution in [0.4, 0.5) is 8.78 Å². The van der Waals surface area contributed by atoms with Crippen molar-refractivity contribution in [3.63, 3.8) is 0 Å². The minimum Gasteiger partial charge on any atom is -0.341 e. The maximum atomic E-state index is 14.2. The molecule has 2 heterocycles. The molecule has 3 atom stereocenters. The fraction of sp³-hybridized carbons (Fsp3) is 0.350. The van der Waals surface area contributed by atoms with Crippen LogP contribution < -0.4 is 5.32 Å². The average Bonchev–Trinajstić information content (AvgIpc) is 3.23. The highest BCUT2D eigenvalue weighted by molar-refractivity contribution is 8.00. The molecule has 4 rings (SSSR count). The van der Waals surface area contributed by atoms with Crippen LogP contribution in [-0.4, -0.2) is 37.0 Å². The van der Waals surface area contributed by atoms with Crippen LogP contribution in [0.2, 0.25) is 0 Å². The van der Waals surface area contributed by atoms with E-state index in [-0.39, 0.29) is 10.8 Å². The highest BCUT2D eigenvalue weighted by Gasteiger charge is 2.40. The summed E-state index contributed by atoms with van der Waals surface area (Å²) < 4.78 is 27.4. The number of rotatable bonds is 4. The van der Waals surface area contributed by atoms with E-state index in [1.165, 1.54) is 12.1 Å². The Morgan fingerprint density at radius 2 is 1.77 bits per heavy atom. The van der Waals surface area contributed by atoms with Crippen LogP contribution in [0.5, 0.6) is 0 Å². The monoisotopic (exact) mass is 374 g/mol. The molecule has 1 unspecified atom stereocenters. The van der Waals surface area contributed by atoms with E-state index < -0.39 is 16.9 Å². The minimum absolute atomic E-state index is 0.000625. The Morgan fingerprint density at radius 3 is 2.42 bits per heavy atom. The Balaban J connectivity index is 1.60. The van der Waals surface area contributed by atoms with Crippen molar-refractivity contribution < 1.29 is 13.6 Å². The van der Waals surface area contributed by atoms with Gasteiger partial charge in [0, 0.05) is 37.1 Å². The van der Waals surface area contributed by atoms with Gasteiger partial charge >= 0.3 is 0 Å². The predicted molar refractivity (Wildman–Crippen MR) is 97.8 cm³/mol. The van der Waals surface area contributed by atoms with Gasteiger partial charge in [-0.1, -0.05) is 30.3 Å². The number of nitrogens with zero attached hydrogens (tertiary/aromatic N) is 1. The fourth-order valence-corrected chi connectivity index (χ4v) is 4.90. The van der Waals surface area contributed by atoms with Crippen LogP contribution in [0.15, 0.2) is 53.4 Å². The minimum atomic E-state index is -0.633. The number of hydrogen-bond donors (Lipinski definition) is 1. The number of hydrogen-bond acceptors (Lipinski definition) is 3. The van der Waals surface area contributed by atoms with Crippen molar-refractivity contribution in [1.29, 1.82) is 0 Å². The summed E-state index contributed by atoms with van der Waals surface area (Å²) >= 11 is 1.15. The number of nitrogens with one attached hydrogen (secondary N) is 1. The van der Waals surface area contributed by atoms with Crippen LogP contribution >= 0.6 is 11.8 Å². The Labute approximate surface area is 155 Å². The third kappa shape index (κ3) is 3.48. The molecule has 0 saturated carbocycles. The second-order valence-corrected chi connectivity index (χ2v) is 8.05. The molecule has 2 saturated heterocycles. The highest BCUT2D eigenvalue weighted by Crippen LogP contribution is 2.40. The topological polar surface area (TPSA) is 32.3 Å². The molecule has 1 amide bonds. The summed E-state index contributed by atoms with van der Waals surface area (Å²) in [7, 11) is 0. The van der Waals surface area contributed by atoms with Crippen molar-refractivity contribution in [3.05, 3.63) is 65.7 Å². The van der Waals surface area contributed by atoms with Crippen molar-refractivity contribution in [2.24, 2.45) is 11.8 Å². The number of benzene rings is 2. The standard InChI is InChI=1S/C20H20F2N2OS/c21-16-6-7-18(17(22)8-16)26-19(13-4-2-1-3-5-13)20(25)24-11-14-9-23-10-15(14)12-24/h1-8,14-15,19,23H,9-12H2/t14-,15+,19?. The first-order valence-corrected chi connectivity index (χ1v) is 9.66. The van der Waals surface area contributed by atoms with Gasteiger partial charge in [0.05, 0.1) is 0 Å². The lowest BCUT2D eigenvalue weighted by Crippen LogP contribution is -2.34. The number of likely N-dealkylation sites (tertiary alicyclic amines) is 1. The quantitative estimate of drug-likeness (QED) is 0.832. The van der Waals surface area contributed by atoms with Crippen molar-refractivity contribution in [1.82, 2.24) is 10.2 Å². The molecule has 0 aliphatic carbocycles. The Morgan fingerprint density at radius 1 is 1.08 bits per heavy atom. The molecule has 1 N–H and O–H groups in total. The number of fused-ring (bicyclic) bond motifs is 1. The molecule has 26 heavy (non-hydrogen) atoms. The van der Waals surface area contributed by atoms with E-state index in [1.807, 2.05) is 35.2 Å². The number of thioether (sulfide) groups is 1. The lowest BCUT2D eigenvalue weighted by Gasteiger charge is -2.24. The van der Waals surface area contributed by atoms with Crippen LogP contribution in [0, 0.1) is 23.5 Å². The summed E-state index contributed by atoms with van der Waals surface area (Å²) in [5.41, 5.74) is 0.835. The molecule has 2 aromatic rings. The summed E-state index contributed by atoms with van der Waals surface area (Å²) in [6.45, 7) is 3.38. The summed E-state index contributed by atoms with van der Waals surface area (Å²) in [4.78, 5) is 15.4. The van der Waals surface area contributed by atoms with Crippen molar-refractivity contribution >= 4 is 17.7 Å². The summed E-state index contributed by atoms with van der Waals surface area (Å²) in [6, 6.07) is 12.9.